The van der Waals surface area contributed by atoms with Crippen LogP contribution in [0.15, 0.2) is 76.3 Å². The number of rotatable bonds is 4. The van der Waals surface area contributed by atoms with Gasteiger partial charge < -0.3 is 4.90 Å². The summed E-state index contributed by atoms with van der Waals surface area (Å²) in [5.74, 6) is -0.183. The highest BCUT2D eigenvalue weighted by Gasteiger charge is 2.26. The second-order valence-corrected chi connectivity index (χ2v) is 8.69. The van der Waals surface area contributed by atoms with E-state index >= 15 is 0 Å². The van der Waals surface area contributed by atoms with Gasteiger partial charge in [0.05, 0.1) is 23.2 Å². The van der Waals surface area contributed by atoms with Crippen LogP contribution in [0.3, 0.4) is 0 Å². The maximum Gasteiger partial charge on any atom is 0.337 e. The van der Waals surface area contributed by atoms with Crippen LogP contribution in [-0.4, -0.2) is 38.0 Å². The normalized spacial score (nSPS) is 13.9. The Hall–Kier alpha value is -4.00. The molecule has 1 fully saturated rings. The molecule has 2 aromatic carbocycles. The summed E-state index contributed by atoms with van der Waals surface area (Å²) in [4.78, 5) is 47.5. The molecule has 4 aromatic rings. The maximum absolute atomic E-state index is 13.8. The number of nitrogens with zero attached hydrogens (tertiary/aromatic N) is 4. The Bertz CT molecular complexity index is 1470. The SMILES string of the molecule is Cc1cc(C(=O)N2CCCCC2)c2c(=O)n(Cc3ccccc3)c(=O)n(-c3ccccc3)c2n1. The Kier molecular flexibility index (Phi) is 5.84. The van der Waals surface area contributed by atoms with Crippen LogP contribution in [0.1, 0.15) is 40.9 Å². The van der Waals surface area contributed by atoms with Gasteiger partial charge in [-0.25, -0.2) is 14.3 Å². The van der Waals surface area contributed by atoms with Crippen molar-refractivity contribution in [2.75, 3.05) is 13.1 Å². The lowest BCUT2D eigenvalue weighted by Gasteiger charge is -2.27. The van der Waals surface area contributed by atoms with Crippen LogP contribution in [0.5, 0.6) is 0 Å². The largest absolute Gasteiger partial charge is 0.339 e. The highest BCUT2D eigenvalue weighted by atomic mass is 16.2. The van der Waals surface area contributed by atoms with Crippen molar-refractivity contribution < 1.29 is 4.79 Å². The topological polar surface area (TPSA) is 77.2 Å². The quantitative estimate of drug-likeness (QED) is 0.473. The smallest absolute Gasteiger partial charge is 0.337 e. The zero-order valence-corrected chi connectivity index (χ0v) is 19.1. The number of aromatic nitrogens is 3. The van der Waals surface area contributed by atoms with Crippen molar-refractivity contribution >= 4 is 16.9 Å². The van der Waals surface area contributed by atoms with Gasteiger partial charge in [-0.2, -0.15) is 0 Å². The van der Waals surface area contributed by atoms with E-state index in [2.05, 4.69) is 4.98 Å². The van der Waals surface area contributed by atoms with E-state index in [0.29, 0.717) is 30.0 Å². The summed E-state index contributed by atoms with van der Waals surface area (Å²) in [5, 5.41) is 0.181. The fourth-order valence-corrected chi connectivity index (χ4v) is 4.61. The highest BCUT2D eigenvalue weighted by molar-refractivity contribution is 6.05. The standard InChI is InChI=1S/C27H26N4O3/c1-19-17-22(25(32)29-15-9-4-10-16-29)23-24(28-19)31(21-13-7-3-8-14-21)27(34)30(26(23)33)18-20-11-5-2-6-12-20/h2-3,5-8,11-14,17H,4,9-10,15-16,18H2,1H3. The summed E-state index contributed by atoms with van der Waals surface area (Å²) in [6.07, 6.45) is 2.98. The number of hydrogen-bond donors (Lipinski definition) is 0. The third kappa shape index (κ3) is 3.94. The molecule has 0 N–H and O–H groups in total. The van der Waals surface area contributed by atoms with E-state index in [1.165, 1.54) is 9.13 Å². The van der Waals surface area contributed by atoms with Crippen molar-refractivity contribution in [3.05, 3.63) is 104 Å². The van der Waals surface area contributed by atoms with E-state index < -0.39 is 11.2 Å². The highest BCUT2D eigenvalue weighted by Crippen LogP contribution is 2.21. The monoisotopic (exact) mass is 454 g/mol. The van der Waals surface area contributed by atoms with E-state index in [4.69, 9.17) is 0 Å². The number of carbonyl (C=O) groups is 1. The van der Waals surface area contributed by atoms with Crippen molar-refractivity contribution in [2.45, 2.75) is 32.7 Å². The summed E-state index contributed by atoms with van der Waals surface area (Å²) in [7, 11) is 0. The molecule has 2 aromatic heterocycles. The molecule has 0 spiro atoms. The first-order valence-corrected chi connectivity index (χ1v) is 11.6. The van der Waals surface area contributed by atoms with Crippen LogP contribution in [0, 0.1) is 6.92 Å². The number of piperidine rings is 1. The number of carbonyl (C=O) groups excluding carboxylic acids is 1. The molecule has 7 nitrogen and oxygen atoms in total. The molecule has 0 aliphatic carbocycles. The number of hydrogen-bond acceptors (Lipinski definition) is 4. The molecule has 1 aliphatic heterocycles. The molecular weight excluding hydrogens is 428 g/mol. The van der Waals surface area contributed by atoms with Gasteiger partial charge in [0.25, 0.3) is 11.5 Å². The Morgan fingerprint density at radius 2 is 1.56 bits per heavy atom. The molecule has 1 aliphatic rings. The van der Waals surface area contributed by atoms with Crippen LogP contribution in [0.25, 0.3) is 16.7 Å². The number of benzene rings is 2. The van der Waals surface area contributed by atoms with Gasteiger partial charge in [-0.05, 0) is 49.9 Å². The zero-order chi connectivity index (χ0) is 23.7. The number of fused-ring (bicyclic) bond motifs is 1. The van der Waals surface area contributed by atoms with Gasteiger partial charge in [-0.15, -0.1) is 0 Å². The average Bonchev–Trinajstić information content (AvgIpc) is 2.87. The lowest BCUT2D eigenvalue weighted by Crippen LogP contribution is -2.42. The van der Waals surface area contributed by atoms with Crippen molar-refractivity contribution in [1.82, 2.24) is 19.0 Å². The van der Waals surface area contributed by atoms with Crippen molar-refractivity contribution in [3.63, 3.8) is 0 Å². The molecule has 0 atom stereocenters. The molecule has 5 rings (SSSR count). The van der Waals surface area contributed by atoms with Gasteiger partial charge in [0.2, 0.25) is 0 Å². The number of amides is 1. The van der Waals surface area contributed by atoms with Gasteiger partial charge >= 0.3 is 5.69 Å². The molecular formula is C27H26N4O3. The first-order valence-electron chi connectivity index (χ1n) is 11.6. The van der Waals surface area contributed by atoms with E-state index in [1.807, 2.05) is 48.5 Å². The molecule has 1 saturated heterocycles. The summed E-state index contributed by atoms with van der Waals surface area (Å²) < 4.78 is 2.65. The third-order valence-corrected chi connectivity index (χ3v) is 6.29. The Labute approximate surface area is 196 Å². The Morgan fingerprint density at radius 1 is 0.912 bits per heavy atom. The third-order valence-electron chi connectivity index (χ3n) is 6.29. The molecule has 0 saturated carbocycles. The summed E-state index contributed by atoms with van der Waals surface area (Å²) in [6.45, 7) is 3.21. The first kappa shape index (κ1) is 21.8. The molecule has 0 radical (unpaired) electrons. The van der Waals surface area contributed by atoms with Crippen LogP contribution in [-0.2, 0) is 6.54 Å². The van der Waals surface area contributed by atoms with Crippen molar-refractivity contribution in [3.8, 4) is 5.69 Å². The first-order chi connectivity index (χ1) is 16.5. The molecule has 1 amide bonds. The summed E-state index contributed by atoms with van der Waals surface area (Å²) in [6, 6.07) is 20.2. The van der Waals surface area contributed by atoms with Crippen LogP contribution in [0.4, 0.5) is 0 Å². The lowest BCUT2D eigenvalue weighted by molar-refractivity contribution is 0.0726. The fraction of sp³-hybridized carbons (Fsp3) is 0.259. The van der Waals surface area contributed by atoms with Crippen LogP contribution in [0.2, 0.25) is 0 Å². The number of aryl methyl sites for hydroxylation is 1. The molecule has 3 heterocycles. The van der Waals surface area contributed by atoms with Gasteiger partial charge in [-0.1, -0.05) is 48.5 Å². The Morgan fingerprint density at radius 3 is 2.24 bits per heavy atom. The summed E-state index contributed by atoms with van der Waals surface area (Å²) >= 11 is 0. The minimum absolute atomic E-state index is 0.104. The van der Waals surface area contributed by atoms with Crippen LogP contribution >= 0.6 is 0 Å². The predicted octanol–water partition coefficient (Wildman–Crippen LogP) is 3.53. The fourth-order valence-electron chi connectivity index (χ4n) is 4.61. The van der Waals surface area contributed by atoms with E-state index in [1.54, 1.807) is 30.0 Å². The minimum Gasteiger partial charge on any atom is -0.339 e. The predicted molar refractivity (Wildman–Crippen MR) is 132 cm³/mol. The molecule has 7 heteroatoms. The van der Waals surface area contributed by atoms with Gasteiger partial charge in [-0.3, -0.25) is 14.2 Å². The molecule has 0 unspecified atom stereocenters. The number of likely N-dealkylation sites (tertiary alicyclic amines) is 1. The zero-order valence-electron chi connectivity index (χ0n) is 19.1. The molecule has 172 valence electrons. The molecule has 34 heavy (non-hydrogen) atoms. The minimum atomic E-state index is -0.496. The second kappa shape index (κ2) is 9.09. The number of para-hydroxylation sites is 1. The van der Waals surface area contributed by atoms with Crippen molar-refractivity contribution in [1.29, 1.82) is 0 Å². The summed E-state index contributed by atoms with van der Waals surface area (Å²) in [5.41, 5.74) is 1.54. The van der Waals surface area contributed by atoms with Crippen LogP contribution < -0.4 is 11.2 Å². The van der Waals surface area contributed by atoms with Crippen molar-refractivity contribution in [2.24, 2.45) is 0 Å². The van der Waals surface area contributed by atoms with E-state index in [9.17, 15) is 14.4 Å². The number of pyridine rings is 1. The van der Waals surface area contributed by atoms with Gasteiger partial charge in [0, 0.05) is 18.8 Å². The average molecular weight is 455 g/mol. The van der Waals surface area contributed by atoms with E-state index in [-0.39, 0.29) is 23.5 Å². The maximum atomic E-state index is 13.8. The lowest BCUT2D eigenvalue weighted by atomic mass is 10.1. The van der Waals surface area contributed by atoms with Gasteiger partial charge in [0.1, 0.15) is 0 Å². The Balaban J connectivity index is 1.83. The van der Waals surface area contributed by atoms with Gasteiger partial charge in [0.15, 0.2) is 5.65 Å². The second-order valence-electron chi connectivity index (χ2n) is 8.69. The van der Waals surface area contributed by atoms with E-state index in [0.717, 1.165) is 24.8 Å². The molecule has 0 bridgehead atoms.